The van der Waals surface area contributed by atoms with Crippen molar-refractivity contribution in [3.8, 4) is 0 Å². The maximum absolute atomic E-state index is 13.0. The number of hydrogen-bond acceptors (Lipinski definition) is 7. The summed E-state index contributed by atoms with van der Waals surface area (Å²) in [6, 6.07) is 4.15. The molecule has 14 nitrogen and oxygen atoms in total. The van der Waals surface area contributed by atoms with Crippen molar-refractivity contribution in [3.63, 3.8) is 0 Å². The number of aliphatic carboxylic acids is 1. The summed E-state index contributed by atoms with van der Waals surface area (Å²) >= 11 is 0. The third kappa shape index (κ3) is 11.3. The monoisotopic (exact) mass is 506 g/mol. The molecule has 0 saturated heterocycles. The lowest BCUT2D eigenvalue weighted by Gasteiger charge is -2.24. The lowest BCUT2D eigenvalue weighted by molar-refractivity contribution is -0.142. The molecule has 0 bridgehead atoms. The molecule has 0 saturated carbocycles. The molecule has 0 aliphatic heterocycles. The molecule has 1 aromatic rings. The average Bonchev–Trinajstić information content (AvgIpc) is 2.80. The van der Waals surface area contributed by atoms with Crippen molar-refractivity contribution >= 4 is 35.6 Å². The second-order valence-electron chi connectivity index (χ2n) is 8.11. The summed E-state index contributed by atoms with van der Waals surface area (Å²) in [6.07, 6.45) is -0.0172. The number of primary amides is 1. The van der Waals surface area contributed by atoms with Gasteiger partial charge in [0, 0.05) is 6.54 Å². The summed E-state index contributed by atoms with van der Waals surface area (Å²) in [7, 11) is 0. The van der Waals surface area contributed by atoms with Crippen LogP contribution in [0.2, 0.25) is 0 Å². The molecule has 0 fully saturated rings. The molecule has 1 rings (SSSR count). The van der Waals surface area contributed by atoms with Gasteiger partial charge in [-0.15, -0.1) is 0 Å². The van der Waals surface area contributed by atoms with E-state index >= 15 is 0 Å². The third-order valence-electron chi connectivity index (χ3n) is 4.98. The van der Waals surface area contributed by atoms with Crippen molar-refractivity contribution < 1.29 is 29.1 Å². The van der Waals surface area contributed by atoms with Crippen LogP contribution in [-0.2, 0) is 30.4 Å². The number of rotatable bonds is 15. The van der Waals surface area contributed by atoms with Gasteiger partial charge in [0.05, 0.1) is 12.5 Å². The largest absolute Gasteiger partial charge is 0.480 e. The third-order valence-corrected chi connectivity index (χ3v) is 4.98. The molecule has 14 heteroatoms. The van der Waals surface area contributed by atoms with Crippen LogP contribution in [-0.4, -0.2) is 71.4 Å². The van der Waals surface area contributed by atoms with Crippen molar-refractivity contribution in [1.29, 1.82) is 0 Å². The van der Waals surface area contributed by atoms with E-state index in [1.807, 2.05) is 6.07 Å². The molecule has 198 valence electrons. The molecule has 4 atom stereocenters. The highest BCUT2D eigenvalue weighted by Gasteiger charge is 2.30. The normalized spacial score (nSPS) is 13.8. The smallest absolute Gasteiger partial charge is 0.325 e. The summed E-state index contributed by atoms with van der Waals surface area (Å²) in [5, 5.41) is 16.1. The van der Waals surface area contributed by atoms with E-state index in [4.69, 9.17) is 28.0 Å². The number of nitrogens with zero attached hydrogens (tertiary/aromatic N) is 1. The lowest BCUT2D eigenvalue weighted by Crippen LogP contribution is -2.57. The predicted molar refractivity (Wildman–Crippen MR) is 131 cm³/mol. The van der Waals surface area contributed by atoms with Crippen LogP contribution in [0.3, 0.4) is 0 Å². The van der Waals surface area contributed by atoms with Gasteiger partial charge in [-0.2, -0.15) is 0 Å². The van der Waals surface area contributed by atoms with Crippen LogP contribution in [0, 0.1) is 0 Å². The Labute approximate surface area is 208 Å². The lowest BCUT2D eigenvalue weighted by atomic mass is 10.0. The van der Waals surface area contributed by atoms with Crippen molar-refractivity contribution in [3.05, 3.63) is 35.9 Å². The van der Waals surface area contributed by atoms with Gasteiger partial charge in [0.2, 0.25) is 23.6 Å². The van der Waals surface area contributed by atoms with Crippen LogP contribution >= 0.6 is 0 Å². The van der Waals surface area contributed by atoms with Crippen LogP contribution < -0.4 is 38.9 Å². The number of benzene rings is 1. The molecule has 1 aromatic carbocycles. The zero-order valence-corrected chi connectivity index (χ0v) is 20.0. The van der Waals surface area contributed by atoms with E-state index in [9.17, 15) is 24.0 Å². The van der Waals surface area contributed by atoms with Gasteiger partial charge in [0.1, 0.15) is 18.1 Å². The molecular formula is C22H34N8O6. The fraction of sp³-hybridized carbons (Fsp3) is 0.455. The number of amides is 4. The van der Waals surface area contributed by atoms with Gasteiger partial charge < -0.3 is 44.0 Å². The van der Waals surface area contributed by atoms with Gasteiger partial charge in [-0.05, 0) is 31.7 Å². The van der Waals surface area contributed by atoms with E-state index in [-0.39, 0.29) is 31.8 Å². The minimum absolute atomic E-state index is 0.0723. The molecule has 0 radical (unpaired) electrons. The van der Waals surface area contributed by atoms with E-state index in [0.717, 1.165) is 5.56 Å². The van der Waals surface area contributed by atoms with Gasteiger partial charge in [0.15, 0.2) is 5.96 Å². The van der Waals surface area contributed by atoms with Gasteiger partial charge in [-0.3, -0.25) is 29.0 Å². The number of nitrogens with two attached hydrogens (primary N) is 4. The van der Waals surface area contributed by atoms with E-state index in [0.29, 0.717) is 0 Å². The summed E-state index contributed by atoms with van der Waals surface area (Å²) < 4.78 is 0. The molecule has 36 heavy (non-hydrogen) atoms. The van der Waals surface area contributed by atoms with E-state index in [2.05, 4.69) is 20.9 Å². The summed E-state index contributed by atoms with van der Waals surface area (Å²) in [6.45, 7) is 1.38. The van der Waals surface area contributed by atoms with Crippen LogP contribution in [0.5, 0.6) is 0 Å². The summed E-state index contributed by atoms with van der Waals surface area (Å²) in [4.78, 5) is 64.5. The van der Waals surface area contributed by atoms with Crippen LogP contribution in [0.25, 0.3) is 0 Å². The Kier molecular flexibility index (Phi) is 12.4. The van der Waals surface area contributed by atoms with Gasteiger partial charge in [0.25, 0.3) is 0 Å². The number of guanidine groups is 1. The molecule has 4 amide bonds. The first kappa shape index (κ1) is 29.8. The molecule has 0 heterocycles. The minimum atomic E-state index is -1.47. The van der Waals surface area contributed by atoms with Crippen molar-refractivity contribution in [1.82, 2.24) is 16.0 Å². The first-order chi connectivity index (χ1) is 16.9. The van der Waals surface area contributed by atoms with E-state index in [1.165, 1.54) is 6.92 Å². The van der Waals surface area contributed by atoms with Crippen LogP contribution in [0.15, 0.2) is 35.3 Å². The Balaban J connectivity index is 2.97. The van der Waals surface area contributed by atoms with E-state index in [1.54, 1.807) is 24.3 Å². The van der Waals surface area contributed by atoms with E-state index < -0.39 is 60.2 Å². The number of aliphatic imine (C=N–C) groups is 1. The Morgan fingerprint density at radius 3 is 2.06 bits per heavy atom. The zero-order valence-electron chi connectivity index (χ0n) is 20.0. The SMILES string of the molecule is CC(NC(=O)C(CC(N)=O)NC(=O)C(CCCN=C(N)N)NC(=O)C(N)Cc1ccccc1)C(=O)O. The number of carbonyl (C=O) groups excluding carboxylic acids is 4. The summed E-state index contributed by atoms with van der Waals surface area (Å²) in [5.74, 6) is -4.71. The van der Waals surface area contributed by atoms with Gasteiger partial charge in [-0.25, -0.2) is 0 Å². The Morgan fingerprint density at radius 2 is 1.50 bits per heavy atom. The van der Waals surface area contributed by atoms with Gasteiger partial charge in [-0.1, -0.05) is 30.3 Å². The number of hydrogen-bond donors (Lipinski definition) is 8. The number of carboxylic acid groups (broad SMARTS) is 1. The number of carboxylic acids is 1. The molecule has 0 spiro atoms. The molecule has 4 unspecified atom stereocenters. The quantitative estimate of drug-likeness (QED) is 0.0685. The Morgan fingerprint density at radius 1 is 0.917 bits per heavy atom. The molecule has 0 aromatic heterocycles. The van der Waals surface area contributed by atoms with Crippen molar-refractivity contribution in [2.75, 3.05) is 6.54 Å². The van der Waals surface area contributed by atoms with Crippen LogP contribution in [0.4, 0.5) is 0 Å². The highest BCUT2D eigenvalue weighted by Crippen LogP contribution is 2.05. The fourth-order valence-electron chi connectivity index (χ4n) is 3.07. The topological polar surface area (TPSA) is 258 Å². The maximum Gasteiger partial charge on any atom is 0.325 e. The highest BCUT2D eigenvalue weighted by molar-refractivity contribution is 5.96. The Hall–Kier alpha value is -4.20. The highest BCUT2D eigenvalue weighted by atomic mass is 16.4. The molecule has 0 aliphatic rings. The first-order valence-corrected chi connectivity index (χ1v) is 11.2. The minimum Gasteiger partial charge on any atom is -0.480 e. The Bertz CT molecular complexity index is 951. The first-order valence-electron chi connectivity index (χ1n) is 11.2. The number of nitrogens with one attached hydrogen (secondary N) is 3. The van der Waals surface area contributed by atoms with Gasteiger partial charge >= 0.3 is 5.97 Å². The predicted octanol–water partition coefficient (Wildman–Crippen LogP) is -2.96. The molecule has 12 N–H and O–H groups in total. The van der Waals surface area contributed by atoms with Crippen molar-refractivity contribution in [2.24, 2.45) is 27.9 Å². The molecular weight excluding hydrogens is 472 g/mol. The zero-order chi connectivity index (χ0) is 27.3. The maximum atomic E-state index is 13.0. The second-order valence-corrected chi connectivity index (χ2v) is 8.11. The average molecular weight is 507 g/mol. The van der Waals surface area contributed by atoms with Crippen molar-refractivity contribution in [2.45, 2.75) is 56.8 Å². The molecule has 0 aliphatic carbocycles. The summed E-state index contributed by atoms with van der Waals surface area (Å²) in [5.41, 5.74) is 22.6. The number of carbonyl (C=O) groups is 5. The fourth-order valence-corrected chi connectivity index (χ4v) is 3.07. The standard InChI is InChI=1S/C22H34N8O6/c1-12(21(35)36)28-20(34)16(11-17(24)31)30-19(33)15(8-5-9-27-22(25)26)29-18(32)14(23)10-13-6-3-2-4-7-13/h2-4,6-7,12,14-16H,5,8-11,23H2,1H3,(H2,24,31)(H,28,34)(H,29,32)(H,30,33)(H,35,36)(H4,25,26,27). The van der Waals surface area contributed by atoms with Crippen LogP contribution in [0.1, 0.15) is 31.7 Å². The second kappa shape index (κ2) is 14.9.